The van der Waals surface area contributed by atoms with Gasteiger partial charge in [0, 0.05) is 48.2 Å². The van der Waals surface area contributed by atoms with E-state index >= 15 is 0 Å². The summed E-state index contributed by atoms with van der Waals surface area (Å²) in [5, 5.41) is 6.80. The van der Waals surface area contributed by atoms with E-state index in [1.165, 1.54) is 11.1 Å². The van der Waals surface area contributed by atoms with Crippen molar-refractivity contribution >= 4 is 82.6 Å². The summed E-state index contributed by atoms with van der Waals surface area (Å²) >= 11 is 0. The second-order valence-electron chi connectivity index (χ2n) is 12.7. The Bertz CT molecular complexity index is 2950. The molecule has 1 aliphatic heterocycles. The molecule has 3 aromatic heterocycles. The Balaban J connectivity index is 0.00000316. The second-order valence-corrected chi connectivity index (χ2v) is 12.7. The third kappa shape index (κ3) is 3.98. The van der Waals surface area contributed by atoms with E-state index in [2.05, 4.69) is 160 Å². The Kier molecular flexibility index (Phi) is 6.33. The molecule has 0 N–H and O–H groups in total. The molecule has 0 aliphatic carbocycles. The maximum atomic E-state index is 6.36. The van der Waals surface area contributed by atoms with Gasteiger partial charge in [-0.15, -0.1) is 46.8 Å². The van der Waals surface area contributed by atoms with Crippen molar-refractivity contribution in [1.82, 2.24) is 9.13 Å². The van der Waals surface area contributed by atoms with E-state index in [0.29, 0.717) is 0 Å². The fourth-order valence-corrected chi connectivity index (χ4v) is 7.85. The largest absolute Gasteiger partial charge is 0.504 e. The van der Waals surface area contributed by atoms with E-state index in [4.69, 9.17) is 4.42 Å². The number of nitrogens with zero attached hydrogens (tertiary/aromatic N) is 4. The van der Waals surface area contributed by atoms with Gasteiger partial charge in [0.05, 0.1) is 5.39 Å². The minimum atomic E-state index is 0. The Morgan fingerprint density at radius 1 is 0.540 bits per heavy atom. The summed E-state index contributed by atoms with van der Waals surface area (Å²) in [6, 6.07) is 57.9. The number of furan rings is 1. The summed E-state index contributed by atoms with van der Waals surface area (Å²) in [6.07, 6.45) is 0. The van der Waals surface area contributed by atoms with Crippen LogP contribution in [-0.4, -0.2) is 16.2 Å². The number of hydrogen-bond acceptors (Lipinski definition) is 3. The van der Waals surface area contributed by atoms with Gasteiger partial charge in [-0.3, -0.25) is 0 Å². The number of anilines is 3. The number of para-hydroxylation sites is 5. The van der Waals surface area contributed by atoms with Gasteiger partial charge in [0.25, 0.3) is 0 Å². The van der Waals surface area contributed by atoms with Gasteiger partial charge in [-0.2, -0.15) is 43.1 Å². The third-order valence-electron chi connectivity index (χ3n) is 9.97. The first-order valence-electron chi connectivity index (χ1n) is 16.4. The number of rotatable bonds is 3. The molecule has 4 heterocycles. The Morgan fingerprint density at radius 3 is 2.08 bits per heavy atom. The monoisotopic (exact) mass is 732 g/mol. The Morgan fingerprint density at radius 2 is 1.22 bits per heavy atom. The number of fused-ring (bicyclic) bond motifs is 11. The molecule has 1 aliphatic rings. The van der Waals surface area contributed by atoms with Crippen LogP contribution in [0.5, 0.6) is 0 Å². The molecule has 0 saturated heterocycles. The summed E-state index contributed by atoms with van der Waals surface area (Å²) < 4.78 is 11.0. The average Bonchev–Trinajstić information content (AvgIpc) is 3.89. The molecule has 0 unspecified atom stereocenters. The molecule has 7 aromatic carbocycles. The molecule has 242 valence electrons. The van der Waals surface area contributed by atoms with Crippen LogP contribution in [-0.2, 0) is 20.4 Å². The first kappa shape index (κ1) is 29.1. The summed E-state index contributed by atoms with van der Waals surface area (Å²) in [5.41, 5.74) is 11.1. The van der Waals surface area contributed by atoms with Crippen LogP contribution < -0.4 is 9.80 Å². The molecule has 6 heteroatoms. The van der Waals surface area contributed by atoms with E-state index in [0.717, 1.165) is 82.9 Å². The zero-order valence-electron chi connectivity index (χ0n) is 26.8. The van der Waals surface area contributed by atoms with Crippen LogP contribution >= 0.6 is 0 Å². The van der Waals surface area contributed by atoms with Crippen molar-refractivity contribution in [1.29, 1.82) is 0 Å². The van der Waals surface area contributed by atoms with Crippen LogP contribution in [0.2, 0.25) is 0 Å². The van der Waals surface area contributed by atoms with Gasteiger partial charge < -0.3 is 23.4 Å². The molecule has 11 rings (SSSR count). The minimum absolute atomic E-state index is 0. The van der Waals surface area contributed by atoms with Crippen LogP contribution in [0.1, 0.15) is 0 Å². The van der Waals surface area contributed by atoms with Crippen LogP contribution in [0.4, 0.5) is 17.1 Å². The van der Waals surface area contributed by atoms with Crippen molar-refractivity contribution in [2.75, 3.05) is 16.8 Å². The predicted molar refractivity (Wildman–Crippen MR) is 200 cm³/mol. The standard InChI is InChI=1S/C44H26N4O.Pd/c1-45-27-46(38-17-9-8-16-37(38)45)29-19-21-32-31-13-5-7-15-36(31)47(39(32)25-29)30-20-22-33-34-23-24-42-43(35-14-6-10-18-41(35)49-42)44(34)48(40(33)26-30)28-11-3-2-4-12-28;/h2-11,13-24,27H,1H3;/q-4;. The zero-order chi connectivity index (χ0) is 32.2. The van der Waals surface area contributed by atoms with Crippen LogP contribution in [0.25, 0.3) is 76.9 Å². The number of hydrogen-bond donors (Lipinski definition) is 0. The van der Waals surface area contributed by atoms with Gasteiger partial charge >= 0.3 is 0 Å². The summed E-state index contributed by atoms with van der Waals surface area (Å²) in [5.74, 6) is 0. The topological polar surface area (TPSA) is 29.5 Å². The van der Waals surface area contributed by atoms with Crippen molar-refractivity contribution in [3.63, 3.8) is 0 Å². The predicted octanol–water partition coefficient (Wildman–Crippen LogP) is 10.9. The van der Waals surface area contributed by atoms with E-state index in [1.54, 1.807) is 0 Å². The SMILES string of the molecule is CN1[CH-]N(c2[c-]c3c(cc2)c2ccccc2n3-c2[c-]c3c(cc2)c2ccc4oc5ccccc5c4c2n3-c2[c-]cccc2)c2ccccc21.[Pd]. The summed E-state index contributed by atoms with van der Waals surface area (Å²) in [7, 11) is 2.09. The van der Waals surface area contributed by atoms with Crippen LogP contribution in [0.3, 0.4) is 0 Å². The van der Waals surface area contributed by atoms with Crippen molar-refractivity contribution in [3.05, 3.63) is 158 Å². The number of aromatic nitrogens is 2. The molecule has 0 saturated carbocycles. The molecule has 5 nitrogen and oxygen atoms in total. The summed E-state index contributed by atoms with van der Waals surface area (Å²) in [6.45, 7) is 2.13. The molecular weight excluding hydrogens is 707 g/mol. The first-order valence-corrected chi connectivity index (χ1v) is 16.4. The molecule has 0 bridgehead atoms. The van der Waals surface area contributed by atoms with E-state index in [-0.39, 0.29) is 20.4 Å². The molecule has 50 heavy (non-hydrogen) atoms. The van der Waals surface area contributed by atoms with Gasteiger partial charge in [0.2, 0.25) is 0 Å². The molecule has 10 aromatic rings. The molecule has 0 amide bonds. The maximum Gasteiger partial charge on any atom is 0.137 e. The van der Waals surface area contributed by atoms with Crippen molar-refractivity contribution in [3.8, 4) is 11.4 Å². The first-order chi connectivity index (χ1) is 24.2. The van der Waals surface area contributed by atoms with Gasteiger partial charge in [-0.05, 0) is 48.2 Å². The van der Waals surface area contributed by atoms with Gasteiger partial charge in [-0.1, -0.05) is 77.0 Å². The van der Waals surface area contributed by atoms with E-state index in [1.807, 2.05) is 24.3 Å². The van der Waals surface area contributed by atoms with Gasteiger partial charge in [0.1, 0.15) is 11.2 Å². The molecule has 0 fully saturated rings. The fourth-order valence-electron chi connectivity index (χ4n) is 7.85. The average molecular weight is 733 g/mol. The van der Waals surface area contributed by atoms with Gasteiger partial charge in [-0.25, -0.2) is 0 Å². The maximum absolute atomic E-state index is 6.36. The molecule has 0 spiro atoms. The van der Waals surface area contributed by atoms with Crippen LogP contribution in [0, 0.1) is 24.9 Å². The van der Waals surface area contributed by atoms with Crippen molar-refractivity contribution in [2.45, 2.75) is 0 Å². The van der Waals surface area contributed by atoms with E-state index < -0.39 is 0 Å². The normalized spacial score (nSPS) is 13.0. The summed E-state index contributed by atoms with van der Waals surface area (Å²) in [4.78, 5) is 4.37. The minimum Gasteiger partial charge on any atom is -0.504 e. The van der Waals surface area contributed by atoms with Crippen molar-refractivity contribution in [2.24, 2.45) is 0 Å². The Hall–Kier alpha value is -5.80. The third-order valence-corrected chi connectivity index (χ3v) is 9.97. The quantitative estimate of drug-likeness (QED) is 0.134. The van der Waals surface area contributed by atoms with Gasteiger partial charge in [0.15, 0.2) is 0 Å². The smallest absolute Gasteiger partial charge is 0.137 e. The Labute approximate surface area is 301 Å². The zero-order valence-corrected chi connectivity index (χ0v) is 28.3. The molecule has 0 radical (unpaired) electrons. The number of benzene rings is 7. The fraction of sp³-hybridized carbons (Fsp3) is 0.0227. The van der Waals surface area contributed by atoms with Crippen LogP contribution in [0.15, 0.2) is 138 Å². The van der Waals surface area contributed by atoms with E-state index in [9.17, 15) is 0 Å². The second kappa shape index (κ2) is 10.9. The molecule has 0 atom stereocenters. The van der Waals surface area contributed by atoms with Crippen molar-refractivity contribution < 1.29 is 24.8 Å². The molecular formula is C44H26N4OPd-4.